The summed E-state index contributed by atoms with van der Waals surface area (Å²) in [7, 11) is -1.18. The van der Waals surface area contributed by atoms with E-state index in [4.69, 9.17) is 14.2 Å². The van der Waals surface area contributed by atoms with Gasteiger partial charge in [-0.05, 0) is 25.1 Å². The highest BCUT2D eigenvalue weighted by atomic mass is 32.2. The number of hydrogen-bond donors (Lipinski definition) is 0. The molecule has 2 aromatic rings. The molecule has 128 valence electrons. The second-order valence-corrected chi connectivity index (χ2v) is 7.05. The lowest BCUT2D eigenvalue weighted by molar-refractivity contribution is 0.0851. The van der Waals surface area contributed by atoms with Crippen LogP contribution in [0.4, 0.5) is 0 Å². The van der Waals surface area contributed by atoms with Crippen molar-refractivity contribution in [2.45, 2.75) is 17.9 Å². The van der Waals surface area contributed by atoms with Gasteiger partial charge < -0.3 is 14.2 Å². The second kappa shape index (κ2) is 6.33. The van der Waals surface area contributed by atoms with Gasteiger partial charge in [0.2, 0.25) is 5.75 Å². The van der Waals surface area contributed by atoms with Crippen LogP contribution >= 0.6 is 0 Å². The zero-order valence-corrected chi connectivity index (χ0v) is 14.4. The molecule has 0 bridgehead atoms. The fourth-order valence-corrected chi connectivity index (χ4v) is 3.51. The van der Waals surface area contributed by atoms with Crippen LogP contribution in [0.5, 0.6) is 17.2 Å². The Morgan fingerprint density at radius 1 is 1.17 bits per heavy atom. The Balaban J connectivity index is 2.06. The van der Waals surface area contributed by atoms with Crippen molar-refractivity contribution in [2.24, 2.45) is 0 Å². The Morgan fingerprint density at radius 3 is 2.67 bits per heavy atom. The molecule has 0 aliphatic carbocycles. The Bertz CT molecular complexity index is 845. The second-order valence-electron chi connectivity index (χ2n) is 5.37. The lowest BCUT2D eigenvalue weighted by Gasteiger charge is -2.29. The van der Waals surface area contributed by atoms with E-state index < -0.39 is 16.2 Å². The number of aryl methyl sites for hydroxylation is 1. The number of fused-ring (bicyclic) bond motifs is 1. The average Bonchev–Trinajstić information content (AvgIpc) is 2.60. The normalized spacial score (nSPS) is 16.7. The van der Waals surface area contributed by atoms with Gasteiger partial charge in [0.1, 0.15) is 11.5 Å². The van der Waals surface area contributed by atoms with Crippen molar-refractivity contribution in [1.29, 1.82) is 0 Å². The molecular weight excluding hydrogens is 332 g/mol. The zero-order chi connectivity index (χ0) is 17.3. The first-order chi connectivity index (χ1) is 11.5. The molecule has 24 heavy (non-hydrogen) atoms. The van der Waals surface area contributed by atoms with Crippen LogP contribution in [0.1, 0.15) is 17.2 Å². The summed E-state index contributed by atoms with van der Waals surface area (Å²) in [5, 5.41) is 0. The minimum atomic E-state index is -3.85. The van der Waals surface area contributed by atoms with Crippen LogP contribution in [-0.4, -0.2) is 29.2 Å². The minimum absolute atomic E-state index is 0.0718. The molecule has 0 aromatic heterocycles. The number of hydrogen-bond acceptors (Lipinski definition) is 6. The smallest absolute Gasteiger partial charge is 0.297 e. The van der Waals surface area contributed by atoms with Crippen LogP contribution in [0, 0.1) is 6.92 Å². The summed E-state index contributed by atoms with van der Waals surface area (Å²) in [5.41, 5.74) is 1.41. The van der Waals surface area contributed by atoms with E-state index in [9.17, 15) is 8.42 Å². The molecule has 6 nitrogen and oxygen atoms in total. The molecule has 0 unspecified atom stereocenters. The maximum Gasteiger partial charge on any atom is 0.297 e. The third kappa shape index (κ3) is 2.92. The van der Waals surface area contributed by atoms with Gasteiger partial charge in [0.15, 0.2) is 17.6 Å². The van der Waals surface area contributed by atoms with E-state index in [1.807, 2.05) is 6.92 Å². The Labute approximate surface area is 141 Å². The monoisotopic (exact) mass is 350 g/mol. The molecule has 0 N–H and O–H groups in total. The lowest BCUT2D eigenvalue weighted by Crippen LogP contribution is -2.24. The van der Waals surface area contributed by atoms with Gasteiger partial charge in [-0.3, -0.25) is 4.18 Å². The summed E-state index contributed by atoms with van der Waals surface area (Å²) >= 11 is 0. The van der Waals surface area contributed by atoms with Crippen LogP contribution in [0.25, 0.3) is 0 Å². The fraction of sp³-hybridized carbons (Fsp3) is 0.294. The molecule has 0 amide bonds. The average molecular weight is 350 g/mol. The Kier molecular flexibility index (Phi) is 4.38. The van der Waals surface area contributed by atoms with Gasteiger partial charge in [-0.25, -0.2) is 0 Å². The molecular formula is C17H18O6S. The molecule has 3 rings (SSSR count). The van der Waals surface area contributed by atoms with E-state index in [2.05, 4.69) is 4.18 Å². The van der Waals surface area contributed by atoms with Gasteiger partial charge in [0.05, 0.1) is 14.2 Å². The predicted molar refractivity (Wildman–Crippen MR) is 87.2 cm³/mol. The highest BCUT2D eigenvalue weighted by Crippen LogP contribution is 2.44. The van der Waals surface area contributed by atoms with Gasteiger partial charge in [-0.15, -0.1) is 0 Å². The van der Waals surface area contributed by atoms with E-state index in [0.29, 0.717) is 22.8 Å². The maximum absolute atomic E-state index is 12.2. The molecule has 0 saturated heterocycles. The molecule has 0 spiro atoms. The van der Waals surface area contributed by atoms with Crippen LogP contribution in [0.15, 0.2) is 41.3 Å². The van der Waals surface area contributed by atoms with Gasteiger partial charge in [0.25, 0.3) is 10.1 Å². The third-order valence-corrected chi connectivity index (χ3v) is 5.16. The molecule has 0 radical (unpaired) electrons. The van der Waals surface area contributed by atoms with Crippen molar-refractivity contribution >= 4 is 10.1 Å². The molecule has 0 saturated carbocycles. The summed E-state index contributed by atoms with van der Waals surface area (Å²) in [4.78, 5) is 0.0718. The number of methoxy groups -OCH3 is 1. The van der Waals surface area contributed by atoms with Crippen molar-refractivity contribution < 1.29 is 26.8 Å². The van der Waals surface area contributed by atoms with E-state index in [1.165, 1.54) is 13.2 Å². The molecule has 1 atom stereocenters. The van der Waals surface area contributed by atoms with Crippen molar-refractivity contribution in [1.82, 2.24) is 0 Å². The first kappa shape index (κ1) is 16.6. The molecule has 2 aromatic carbocycles. The summed E-state index contributed by atoms with van der Waals surface area (Å²) < 4.78 is 46.1. The summed E-state index contributed by atoms with van der Waals surface area (Å²) in [6.07, 6.45) is -0.589. The SMILES string of the molecule is COc1cccc2c1O[C@H](c1cc(C)ccc1S(=O)(=O)OC)CO2. The van der Waals surface area contributed by atoms with Crippen LogP contribution in [0.3, 0.4) is 0 Å². The van der Waals surface area contributed by atoms with Crippen LogP contribution in [-0.2, 0) is 14.3 Å². The van der Waals surface area contributed by atoms with E-state index >= 15 is 0 Å². The zero-order valence-electron chi connectivity index (χ0n) is 13.6. The van der Waals surface area contributed by atoms with E-state index in [1.54, 1.807) is 30.3 Å². The van der Waals surface area contributed by atoms with Crippen molar-refractivity contribution in [3.63, 3.8) is 0 Å². The molecule has 7 heteroatoms. The number of ether oxygens (including phenoxy) is 3. The first-order valence-electron chi connectivity index (χ1n) is 7.34. The maximum atomic E-state index is 12.2. The van der Waals surface area contributed by atoms with Gasteiger partial charge in [-0.2, -0.15) is 8.42 Å². The Hall–Kier alpha value is -2.25. The standard InChI is InChI=1S/C17H18O6S/c1-11-7-8-16(24(18,19)21-3)12(9-11)15-10-22-14-6-4-5-13(20-2)17(14)23-15/h4-9,15H,10H2,1-3H3/t15-/m0/s1. The summed E-state index contributed by atoms with van der Waals surface area (Å²) in [6, 6.07) is 10.3. The van der Waals surface area contributed by atoms with Gasteiger partial charge in [-0.1, -0.05) is 23.8 Å². The summed E-state index contributed by atoms with van der Waals surface area (Å²) in [6.45, 7) is 2.07. The van der Waals surface area contributed by atoms with Crippen LogP contribution in [0.2, 0.25) is 0 Å². The molecule has 0 fully saturated rings. The molecule has 1 aliphatic rings. The highest BCUT2D eigenvalue weighted by molar-refractivity contribution is 7.86. The van der Waals surface area contributed by atoms with Crippen LogP contribution < -0.4 is 14.2 Å². The molecule has 1 aliphatic heterocycles. The lowest BCUT2D eigenvalue weighted by atomic mass is 10.1. The Morgan fingerprint density at radius 2 is 1.96 bits per heavy atom. The van der Waals surface area contributed by atoms with Crippen molar-refractivity contribution in [3.8, 4) is 17.2 Å². The number of benzene rings is 2. The van der Waals surface area contributed by atoms with Crippen molar-refractivity contribution in [2.75, 3.05) is 20.8 Å². The third-order valence-electron chi connectivity index (χ3n) is 3.81. The first-order valence-corrected chi connectivity index (χ1v) is 8.74. The number of para-hydroxylation sites is 1. The highest BCUT2D eigenvalue weighted by Gasteiger charge is 2.30. The van der Waals surface area contributed by atoms with Gasteiger partial charge >= 0.3 is 0 Å². The topological polar surface area (TPSA) is 71.1 Å². The fourth-order valence-electron chi connectivity index (χ4n) is 2.62. The number of rotatable bonds is 4. The van der Waals surface area contributed by atoms with Crippen molar-refractivity contribution in [3.05, 3.63) is 47.5 Å². The van der Waals surface area contributed by atoms with Gasteiger partial charge in [0, 0.05) is 5.56 Å². The van der Waals surface area contributed by atoms with E-state index in [-0.39, 0.29) is 11.5 Å². The van der Waals surface area contributed by atoms with E-state index in [0.717, 1.165) is 12.7 Å². The largest absolute Gasteiger partial charge is 0.493 e. The summed E-state index contributed by atoms with van der Waals surface area (Å²) in [5.74, 6) is 1.55. The minimum Gasteiger partial charge on any atom is -0.493 e. The molecule has 1 heterocycles. The quantitative estimate of drug-likeness (QED) is 0.790. The predicted octanol–water partition coefficient (Wildman–Crippen LogP) is 2.85.